The number of hydrogen-bond acceptors (Lipinski definition) is 5. The maximum atomic E-state index is 11.6. The fraction of sp³-hybridized carbons (Fsp3) is 0.938. The van der Waals surface area contributed by atoms with Gasteiger partial charge in [-0.3, -0.25) is 9.89 Å². The molecule has 2 saturated heterocycles. The van der Waals surface area contributed by atoms with Crippen LogP contribution in [0.4, 0.5) is 0 Å². The summed E-state index contributed by atoms with van der Waals surface area (Å²) in [4.78, 5) is 7.02. The third-order valence-corrected chi connectivity index (χ3v) is 6.08. The zero-order chi connectivity index (χ0) is 17.6. The van der Waals surface area contributed by atoms with Crippen LogP contribution < -0.4 is 10.6 Å². The fourth-order valence-electron chi connectivity index (χ4n) is 3.37. The van der Waals surface area contributed by atoms with Gasteiger partial charge in [-0.15, -0.1) is 0 Å². The van der Waals surface area contributed by atoms with Crippen LogP contribution in [0.5, 0.6) is 0 Å². The lowest BCUT2D eigenvalue weighted by Gasteiger charge is -2.35. The molecule has 0 spiro atoms. The van der Waals surface area contributed by atoms with Crippen LogP contribution in [0.1, 0.15) is 33.6 Å². The van der Waals surface area contributed by atoms with Gasteiger partial charge in [0.05, 0.1) is 23.7 Å². The lowest BCUT2D eigenvalue weighted by Crippen LogP contribution is -2.46. The van der Waals surface area contributed by atoms with E-state index < -0.39 is 9.84 Å². The van der Waals surface area contributed by atoms with Crippen molar-refractivity contribution < 1.29 is 13.2 Å². The minimum absolute atomic E-state index is 0.0197. The maximum Gasteiger partial charge on any atom is 0.191 e. The second-order valence-corrected chi connectivity index (χ2v) is 9.10. The zero-order valence-electron chi connectivity index (χ0n) is 15.1. The van der Waals surface area contributed by atoms with E-state index in [-0.39, 0.29) is 17.5 Å². The van der Waals surface area contributed by atoms with Crippen LogP contribution in [-0.2, 0) is 14.6 Å². The number of rotatable bonds is 6. The molecule has 2 N–H and O–H groups in total. The highest BCUT2D eigenvalue weighted by Crippen LogP contribution is 2.12. The van der Waals surface area contributed by atoms with E-state index in [1.54, 1.807) is 0 Å². The minimum atomic E-state index is -2.87. The Kier molecular flexibility index (Phi) is 7.31. The number of sulfone groups is 1. The van der Waals surface area contributed by atoms with Crippen LogP contribution in [-0.4, -0.2) is 81.8 Å². The Morgan fingerprint density at radius 1 is 1.29 bits per heavy atom. The molecule has 2 aliphatic rings. The number of aliphatic imine (C=N–C) groups is 1. The summed E-state index contributed by atoms with van der Waals surface area (Å²) >= 11 is 0. The standard InChI is InChI=1S/C16H32N4O3S/c1-4-17-16(19-15-6-9-24(21,22)12-15)18-7-5-8-20-10-13(2)23-14(3)11-20/h13-15H,4-12H2,1-3H3,(H2,17,18,19). The summed E-state index contributed by atoms with van der Waals surface area (Å²) in [7, 11) is -2.87. The van der Waals surface area contributed by atoms with Gasteiger partial charge >= 0.3 is 0 Å². The molecule has 24 heavy (non-hydrogen) atoms. The van der Waals surface area contributed by atoms with Crippen molar-refractivity contribution in [2.24, 2.45) is 4.99 Å². The molecular formula is C16H32N4O3S. The average Bonchev–Trinajstić information content (AvgIpc) is 2.81. The first-order chi connectivity index (χ1) is 11.4. The zero-order valence-corrected chi connectivity index (χ0v) is 15.9. The summed E-state index contributed by atoms with van der Waals surface area (Å²) in [6.07, 6.45) is 2.23. The van der Waals surface area contributed by atoms with Crippen LogP contribution >= 0.6 is 0 Å². The molecule has 8 heteroatoms. The van der Waals surface area contributed by atoms with Crippen LogP contribution in [0.15, 0.2) is 4.99 Å². The quantitative estimate of drug-likeness (QED) is 0.401. The Hall–Kier alpha value is -0.860. The van der Waals surface area contributed by atoms with Crippen molar-refractivity contribution in [1.82, 2.24) is 15.5 Å². The molecule has 7 nitrogen and oxygen atoms in total. The summed E-state index contributed by atoms with van der Waals surface area (Å²) in [5.74, 6) is 1.21. The number of guanidine groups is 1. The van der Waals surface area contributed by atoms with Crippen LogP contribution in [0.3, 0.4) is 0 Å². The Balaban J connectivity index is 1.74. The Morgan fingerprint density at radius 2 is 2.00 bits per heavy atom. The van der Waals surface area contributed by atoms with Gasteiger partial charge in [0.1, 0.15) is 0 Å². The van der Waals surface area contributed by atoms with Gasteiger partial charge in [0.25, 0.3) is 0 Å². The van der Waals surface area contributed by atoms with Crippen molar-refractivity contribution >= 4 is 15.8 Å². The largest absolute Gasteiger partial charge is 0.373 e. The smallest absolute Gasteiger partial charge is 0.191 e. The molecule has 0 radical (unpaired) electrons. The molecule has 0 aromatic heterocycles. The lowest BCUT2D eigenvalue weighted by atomic mass is 10.2. The molecule has 2 heterocycles. The minimum Gasteiger partial charge on any atom is -0.373 e. The van der Waals surface area contributed by atoms with Gasteiger partial charge in [-0.2, -0.15) is 0 Å². The molecule has 0 bridgehead atoms. The molecule has 0 amide bonds. The van der Waals surface area contributed by atoms with Crippen molar-refractivity contribution in [3.05, 3.63) is 0 Å². The second kappa shape index (κ2) is 9.01. The number of nitrogens with zero attached hydrogens (tertiary/aromatic N) is 2. The van der Waals surface area contributed by atoms with E-state index in [9.17, 15) is 8.42 Å². The van der Waals surface area contributed by atoms with E-state index in [2.05, 4.69) is 34.4 Å². The first-order valence-corrected chi connectivity index (χ1v) is 10.8. The van der Waals surface area contributed by atoms with Gasteiger partial charge in [-0.25, -0.2) is 8.42 Å². The van der Waals surface area contributed by atoms with Gasteiger partial charge in [0.15, 0.2) is 15.8 Å². The molecule has 2 fully saturated rings. The maximum absolute atomic E-state index is 11.6. The summed E-state index contributed by atoms with van der Waals surface area (Å²) in [6.45, 7) is 10.7. The molecule has 0 aromatic rings. The molecule has 140 valence electrons. The molecule has 0 saturated carbocycles. The van der Waals surface area contributed by atoms with Crippen molar-refractivity contribution in [3.63, 3.8) is 0 Å². The highest BCUT2D eigenvalue weighted by atomic mass is 32.2. The SMILES string of the molecule is CCNC(=NCCCN1CC(C)OC(C)C1)NC1CCS(=O)(=O)C1. The molecule has 3 unspecified atom stereocenters. The van der Waals surface area contributed by atoms with Gasteiger partial charge in [0, 0.05) is 38.8 Å². The Morgan fingerprint density at radius 3 is 2.58 bits per heavy atom. The number of morpholine rings is 1. The lowest BCUT2D eigenvalue weighted by molar-refractivity contribution is -0.0679. The molecule has 0 aliphatic carbocycles. The van der Waals surface area contributed by atoms with Gasteiger partial charge < -0.3 is 15.4 Å². The van der Waals surface area contributed by atoms with Crippen molar-refractivity contribution in [2.45, 2.75) is 51.9 Å². The van der Waals surface area contributed by atoms with E-state index in [1.165, 1.54) is 0 Å². The molecule has 2 aliphatic heterocycles. The third-order valence-electron chi connectivity index (χ3n) is 4.32. The monoisotopic (exact) mass is 360 g/mol. The number of hydrogen-bond donors (Lipinski definition) is 2. The number of nitrogens with one attached hydrogen (secondary N) is 2. The predicted molar refractivity (Wildman–Crippen MR) is 97.2 cm³/mol. The highest BCUT2D eigenvalue weighted by molar-refractivity contribution is 7.91. The summed E-state index contributed by atoms with van der Waals surface area (Å²) in [5, 5.41) is 6.45. The van der Waals surface area contributed by atoms with Gasteiger partial charge in [-0.05, 0) is 33.6 Å². The highest BCUT2D eigenvalue weighted by Gasteiger charge is 2.28. The molecular weight excluding hydrogens is 328 g/mol. The van der Waals surface area contributed by atoms with Gasteiger partial charge in [-0.1, -0.05) is 0 Å². The average molecular weight is 361 g/mol. The molecule has 3 atom stereocenters. The second-order valence-electron chi connectivity index (χ2n) is 6.88. The van der Waals surface area contributed by atoms with E-state index in [0.29, 0.717) is 18.6 Å². The molecule has 0 aromatic carbocycles. The summed E-state index contributed by atoms with van der Waals surface area (Å²) in [6, 6.07) is -0.0197. The normalized spacial score (nSPS) is 31.1. The fourth-order valence-corrected chi connectivity index (χ4v) is 5.05. The van der Waals surface area contributed by atoms with Crippen LogP contribution in [0.25, 0.3) is 0 Å². The van der Waals surface area contributed by atoms with Crippen LogP contribution in [0.2, 0.25) is 0 Å². The summed E-state index contributed by atoms with van der Waals surface area (Å²) in [5.41, 5.74) is 0. The van der Waals surface area contributed by atoms with E-state index in [1.807, 2.05) is 6.92 Å². The Bertz CT molecular complexity index is 513. The topological polar surface area (TPSA) is 83.0 Å². The first kappa shape index (κ1) is 19.5. The van der Waals surface area contributed by atoms with Crippen molar-refractivity contribution in [3.8, 4) is 0 Å². The van der Waals surface area contributed by atoms with Crippen molar-refractivity contribution in [1.29, 1.82) is 0 Å². The molecule has 2 rings (SSSR count). The van der Waals surface area contributed by atoms with E-state index in [4.69, 9.17) is 4.74 Å². The van der Waals surface area contributed by atoms with E-state index in [0.717, 1.165) is 45.1 Å². The Labute approximate surface area is 146 Å². The first-order valence-electron chi connectivity index (χ1n) is 9.01. The van der Waals surface area contributed by atoms with E-state index >= 15 is 0 Å². The van der Waals surface area contributed by atoms with Crippen molar-refractivity contribution in [2.75, 3.05) is 44.2 Å². The number of ether oxygens (including phenoxy) is 1. The van der Waals surface area contributed by atoms with Crippen LogP contribution in [0, 0.1) is 0 Å². The van der Waals surface area contributed by atoms with Gasteiger partial charge in [0.2, 0.25) is 0 Å². The third kappa shape index (κ3) is 6.57. The summed E-state index contributed by atoms with van der Waals surface area (Å²) < 4.78 is 28.9. The predicted octanol–water partition coefficient (Wildman–Crippen LogP) is 0.228.